The van der Waals surface area contributed by atoms with Crippen molar-refractivity contribution in [3.8, 4) is 0 Å². The van der Waals surface area contributed by atoms with E-state index in [4.69, 9.17) is 0 Å². The predicted molar refractivity (Wildman–Crippen MR) is 71.6 cm³/mol. The molecule has 2 heterocycles. The van der Waals surface area contributed by atoms with Gasteiger partial charge in [-0.05, 0) is 65.0 Å². The fraction of sp³-hybridized carbons (Fsp3) is 0.929. The number of nitrogens with zero attached hydrogens (tertiary/aromatic N) is 1. The second kappa shape index (κ2) is 5.17. The summed E-state index contributed by atoms with van der Waals surface area (Å²) in [6.45, 7) is 9.51. The Morgan fingerprint density at radius 1 is 1.44 bits per heavy atom. The second-order valence-corrected chi connectivity index (χ2v) is 6.47. The van der Waals surface area contributed by atoms with Crippen molar-refractivity contribution >= 4 is 5.97 Å². The molecule has 0 saturated carbocycles. The maximum atomic E-state index is 11.3. The van der Waals surface area contributed by atoms with Gasteiger partial charge < -0.3 is 15.3 Å². The van der Waals surface area contributed by atoms with Gasteiger partial charge in [-0.3, -0.25) is 4.79 Å². The number of likely N-dealkylation sites (tertiary alicyclic amines) is 1. The quantitative estimate of drug-likeness (QED) is 0.802. The Morgan fingerprint density at radius 3 is 2.72 bits per heavy atom. The number of carboxylic acids is 1. The van der Waals surface area contributed by atoms with E-state index >= 15 is 0 Å². The lowest BCUT2D eigenvalue weighted by atomic mass is 9.81. The zero-order valence-corrected chi connectivity index (χ0v) is 11.8. The summed E-state index contributed by atoms with van der Waals surface area (Å²) < 4.78 is 0. The lowest BCUT2D eigenvalue weighted by molar-refractivity contribution is -0.143. The van der Waals surface area contributed by atoms with Gasteiger partial charge in [0, 0.05) is 12.6 Å². The summed E-state index contributed by atoms with van der Waals surface area (Å²) >= 11 is 0. The molecular formula is C14H26N2O2. The van der Waals surface area contributed by atoms with Gasteiger partial charge in [-0.15, -0.1) is 0 Å². The maximum Gasteiger partial charge on any atom is 0.323 e. The topological polar surface area (TPSA) is 52.6 Å². The highest BCUT2D eigenvalue weighted by Crippen LogP contribution is 2.34. The normalized spacial score (nSPS) is 38.2. The number of hydrogen-bond donors (Lipinski definition) is 2. The van der Waals surface area contributed by atoms with Gasteiger partial charge in [0.05, 0.1) is 0 Å². The van der Waals surface area contributed by atoms with Gasteiger partial charge in [-0.2, -0.15) is 0 Å². The summed E-state index contributed by atoms with van der Waals surface area (Å²) in [4.78, 5) is 13.8. The lowest BCUT2D eigenvalue weighted by Crippen LogP contribution is -2.44. The first-order valence-electron chi connectivity index (χ1n) is 7.15. The first kappa shape index (κ1) is 13.8. The summed E-state index contributed by atoms with van der Waals surface area (Å²) in [5, 5.41) is 12.5. The summed E-state index contributed by atoms with van der Waals surface area (Å²) in [6, 6.07) is 0.605. The Bertz CT molecular complexity index is 319. The van der Waals surface area contributed by atoms with E-state index in [2.05, 4.69) is 24.1 Å². The van der Waals surface area contributed by atoms with Gasteiger partial charge >= 0.3 is 5.97 Å². The first-order valence-corrected chi connectivity index (χ1v) is 7.15. The van der Waals surface area contributed by atoms with Crippen LogP contribution in [0.5, 0.6) is 0 Å². The number of piperidine rings is 1. The molecule has 0 aromatic heterocycles. The van der Waals surface area contributed by atoms with Gasteiger partial charge in [0.2, 0.25) is 0 Å². The van der Waals surface area contributed by atoms with Crippen LogP contribution in [0.1, 0.15) is 40.0 Å². The molecule has 4 nitrogen and oxygen atoms in total. The number of aliphatic carboxylic acids is 1. The van der Waals surface area contributed by atoms with E-state index in [1.54, 1.807) is 0 Å². The average Bonchev–Trinajstić information content (AvgIpc) is 2.73. The molecule has 0 aromatic rings. The van der Waals surface area contributed by atoms with Crippen LogP contribution in [0.4, 0.5) is 0 Å². The van der Waals surface area contributed by atoms with E-state index in [1.165, 1.54) is 19.4 Å². The fourth-order valence-electron chi connectivity index (χ4n) is 3.42. The van der Waals surface area contributed by atoms with E-state index in [9.17, 15) is 9.90 Å². The van der Waals surface area contributed by atoms with Crippen molar-refractivity contribution in [2.45, 2.75) is 51.6 Å². The van der Waals surface area contributed by atoms with Crippen LogP contribution >= 0.6 is 0 Å². The molecule has 0 amide bonds. The Hall–Kier alpha value is -0.610. The van der Waals surface area contributed by atoms with Crippen LogP contribution in [0.2, 0.25) is 0 Å². The minimum atomic E-state index is -0.707. The predicted octanol–water partition coefficient (Wildman–Crippen LogP) is 1.56. The molecule has 0 aromatic carbocycles. The number of rotatable bonds is 3. The summed E-state index contributed by atoms with van der Waals surface area (Å²) in [6.07, 6.45) is 3.29. The fourth-order valence-corrected chi connectivity index (χ4v) is 3.42. The SMILES string of the molecule is CC(C)N1CCCC(C2CNC(C)(C(=O)O)C2)C1. The van der Waals surface area contributed by atoms with Crippen LogP contribution in [0.3, 0.4) is 0 Å². The van der Waals surface area contributed by atoms with E-state index in [0.29, 0.717) is 17.9 Å². The standard InChI is InChI=1S/C14H26N2O2/c1-10(2)16-6-4-5-11(9-16)12-7-14(3,13(17)18)15-8-12/h10-12,15H,4-9H2,1-3H3,(H,17,18). The molecule has 18 heavy (non-hydrogen) atoms. The van der Waals surface area contributed by atoms with Crippen molar-refractivity contribution in [2.75, 3.05) is 19.6 Å². The zero-order valence-electron chi connectivity index (χ0n) is 11.8. The molecule has 2 aliphatic rings. The molecule has 4 heteroatoms. The first-order chi connectivity index (χ1) is 8.42. The Kier molecular flexibility index (Phi) is 3.97. The van der Waals surface area contributed by atoms with Gasteiger partial charge in [-0.1, -0.05) is 0 Å². The molecule has 0 aliphatic carbocycles. The number of hydrogen-bond acceptors (Lipinski definition) is 3. The van der Waals surface area contributed by atoms with Crippen LogP contribution in [0.15, 0.2) is 0 Å². The van der Waals surface area contributed by atoms with Crippen LogP contribution < -0.4 is 5.32 Å². The third kappa shape index (κ3) is 2.69. The molecule has 3 atom stereocenters. The van der Waals surface area contributed by atoms with Gasteiger partial charge in [0.15, 0.2) is 0 Å². The molecule has 3 unspecified atom stereocenters. The van der Waals surface area contributed by atoms with Crippen molar-refractivity contribution in [1.82, 2.24) is 10.2 Å². The number of carboxylic acid groups (broad SMARTS) is 1. The molecule has 0 spiro atoms. The van der Waals surface area contributed by atoms with Crippen molar-refractivity contribution in [1.29, 1.82) is 0 Å². The van der Waals surface area contributed by atoms with Crippen molar-refractivity contribution < 1.29 is 9.90 Å². The number of carbonyl (C=O) groups is 1. The molecule has 0 radical (unpaired) electrons. The third-order valence-corrected chi connectivity index (χ3v) is 4.78. The van der Waals surface area contributed by atoms with E-state index in [1.807, 2.05) is 6.92 Å². The van der Waals surface area contributed by atoms with Crippen LogP contribution in [0, 0.1) is 11.8 Å². The van der Waals surface area contributed by atoms with Crippen molar-refractivity contribution in [2.24, 2.45) is 11.8 Å². The highest BCUT2D eigenvalue weighted by molar-refractivity contribution is 5.78. The Morgan fingerprint density at radius 2 is 2.17 bits per heavy atom. The average molecular weight is 254 g/mol. The molecule has 2 aliphatic heterocycles. The minimum absolute atomic E-state index is 0.521. The Labute approximate surface area is 110 Å². The second-order valence-electron chi connectivity index (χ2n) is 6.47. The monoisotopic (exact) mass is 254 g/mol. The minimum Gasteiger partial charge on any atom is -0.480 e. The van der Waals surface area contributed by atoms with Crippen molar-refractivity contribution in [3.63, 3.8) is 0 Å². The Balaban J connectivity index is 1.95. The van der Waals surface area contributed by atoms with E-state index in [0.717, 1.165) is 19.5 Å². The van der Waals surface area contributed by atoms with Gasteiger partial charge in [0.1, 0.15) is 5.54 Å². The lowest BCUT2D eigenvalue weighted by Gasteiger charge is -2.38. The van der Waals surface area contributed by atoms with E-state index in [-0.39, 0.29) is 0 Å². The largest absolute Gasteiger partial charge is 0.480 e. The summed E-state index contributed by atoms with van der Waals surface area (Å²) in [7, 11) is 0. The highest BCUT2D eigenvalue weighted by Gasteiger charge is 2.44. The summed E-state index contributed by atoms with van der Waals surface area (Å²) in [5.74, 6) is 0.476. The number of nitrogens with one attached hydrogen (secondary N) is 1. The molecule has 2 rings (SSSR count). The zero-order chi connectivity index (χ0) is 13.3. The van der Waals surface area contributed by atoms with Gasteiger partial charge in [0.25, 0.3) is 0 Å². The van der Waals surface area contributed by atoms with Crippen LogP contribution in [-0.4, -0.2) is 47.2 Å². The van der Waals surface area contributed by atoms with Crippen LogP contribution in [0.25, 0.3) is 0 Å². The third-order valence-electron chi connectivity index (χ3n) is 4.78. The van der Waals surface area contributed by atoms with Gasteiger partial charge in [-0.25, -0.2) is 0 Å². The maximum absolute atomic E-state index is 11.3. The molecule has 0 bridgehead atoms. The van der Waals surface area contributed by atoms with E-state index < -0.39 is 11.5 Å². The summed E-state index contributed by atoms with van der Waals surface area (Å²) in [5.41, 5.74) is -0.704. The molecule has 2 saturated heterocycles. The molecule has 2 N–H and O–H groups in total. The smallest absolute Gasteiger partial charge is 0.323 e. The van der Waals surface area contributed by atoms with Crippen LogP contribution in [-0.2, 0) is 4.79 Å². The molecule has 2 fully saturated rings. The highest BCUT2D eigenvalue weighted by atomic mass is 16.4. The van der Waals surface area contributed by atoms with Crippen molar-refractivity contribution in [3.05, 3.63) is 0 Å². The molecule has 104 valence electrons. The molecular weight excluding hydrogens is 228 g/mol.